The molecule has 0 saturated carbocycles. The number of carbonyl (C=O) groups excluding carboxylic acids is 1. The lowest BCUT2D eigenvalue weighted by molar-refractivity contribution is -0.0329. The summed E-state index contributed by atoms with van der Waals surface area (Å²) in [4.78, 5) is 20.7. The van der Waals surface area contributed by atoms with Crippen LogP contribution in [-0.2, 0) is 18.3 Å². The summed E-state index contributed by atoms with van der Waals surface area (Å²) in [5.41, 5.74) is 0.757. The van der Waals surface area contributed by atoms with E-state index in [0.29, 0.717) is 5.56 Å². The van der Waals surface area contributed by atoms with Crippen molar-refractivity contribution < 1.29 is 33.4 Å². The zero-order valence-electron chi connectivity index (χ0n) is 19.0. The number of nitrogens with one attached hydrogen (secondary N) is 1. The number of aliphatic hydroxyl groups is 2. The fourth-order valence-corrected chi connectivity index (χ4v) is 4.86. The van der Waals surface area contributed by atoms with E-state index in [-0.39, 0.29) is 30.2 Å². The molecule has 1 saturated heterocycles. The summed E-state index contributed by atoms with van der Waals surface area (Å²) in [5.74, 6) is 0.918. The molecular weight excluding hydrogens is 479 g/mol. The number of benzene rings is 1. The van der Waals surface area contributed by atoms with Gasteiger partial charge >= 0.3 is 7.60 Å². The second kappa shape index (κ2) is 10.7. The summed E-state index contributed by atoms with van der Waals surface area (Å²) in [5, 5.41) is 31.8. The highest BCUT2D eigenvalue weighted by atomic mass is 31.2. The summed E-state index contributed by atoms with van der Waals surface area (Å²) in [6, 6.07) is 8.56. The molecule has 0 spiro atoms. The first-order valence-electron chi connectivity index (χ1n) is 10.9. The topological polar surface area (TPSA) is 171 Å². The van der Waals surface area contributed by atoms with Gasteiger partial charge in [0.15, 0.2) is 23.2 Å². The Hall–Kier alpha value is -3.06. The predicted molar refractivity (Wildman–Crippen MR) is 123 cm³/mol. The molecule has 1 aromatic carbocycles. The maximum Gasteiger partial charge on any atom is 0.353 e. The molecule has 0 aliphatic carbocycles. The van der Waals surface area contributed by atoms with Gasteiger partial charge in [-0.15, -0.1) is 5.10 Å². The van der Waals surface area contributed by atoms with E-state index in [1.54, 1.807) is 44.2 Å². The number of rotatable bonds is 9. The van der Waals surface area contributed by atoms with Gasteiger partial charge in [-0.05, 0) is 32.1 Å². The molecule has 1 fully saturated rings. The Kier molecular flexibility index (Phi) is 7.65. The number of amides is 1. The highest BCUT2D eigenvalue weighted by molar-refractivity contribution is 7.57. The van der Waals surface area contributed by atoms with Crippen molar-refractivity contribution in [1.82, 2.24) is 25.0 Å². The fourth-order valence-electron chi connectivity index (χ4n) is 3.52. The van der Waals surface area contributed by atoms with Crippen molar-refractivity contribution >= 4 is 30.5 Å². The Morgan fingerprint density at radius 3 is 2.57 bits per heavy atom. The number of hydrogen-bond donors (Lipinski definition) is 3. The van der Waals surface area contributed by atoms with E-state index in [0.717, 1.165) is 0 Å². The van der Waals surface area contributed by atoms with Gasteiger partial charge in [0.2, 0.25) is 0 Å². The molecule has 35 heavy (non-hydrogen) atoms. The summed E-state index contributed by atoms with van der Waals surface area (Å²) in [6.45, 7) is 3.67. The average molecular weight is 504 g/mol. The van der Waals surface area contributed by atoms with Crippen LogP contribution < -0.4 is 5.32 Å². The van der Waals surface area contributed by atoms with Gasteiger partial charge in [0.1, 0.15) is 24.6 Å². The zero-order chi connectivity index (χ0) is 25.0. The first-order valence-corrected chi connectivity index (χ1v) is 12.5. The van der Waals surface area contributed by atoms with Crippen LogP contribution in [0.15, 0.2) is 48.6 Å². The number of aromatic nitrogens is 5. The van der Waals surface area contributed by atoms with Crippen LogP contribution in [0.2, 0.25) is 0 Å². The second-order valence-electron chi connectivity index (χ2n) is 7.44. The van der Waals surface area contributed by atoms with E-state index >= 15 is 0 Å². The Labute approximate surface area is 200 Å². The standard InChI is InChI=1S/C21H25N6O7P/c1-3-32-35(31,33-4-2)11-10-14-16(28)17(29)21(34-14)27-19-15(25-26-27)18(22-12-23-19)24-20(30)13-8-6-5-7-9-13/h5-12,14,16-17,21,28-29H,3-4H2,1-2H3,(H,22,23,24,30)/b11-10+/t14-,16-,17-,21-/m1/s1. The molecule has 0 bridgehead atoms. The van der Waals surface area contributed by atoms with Crippen LogP contribution in [0.1, 0.15) is 30.4 Å². The number of hydrogen-bond acceptors (Lipinski definition) is 11. The Bertz CT molecular complexity index is 1240. The Morgan fingerprint density at radius 1 is 1.17 bits per heavy atom. The van der Waals surface area contributed by atoms with Gasteiger partial charge in [-0.3, -0.25) is 9.36 Å². The van der Waals surface area contributed by atoms with Crippen LogP contribution >= 0.6 is 7.60 Å². The van der Waals surface area contributed by atoms with Crippen LogP contribution in [0.5, 0.6) is 0 Å². The fraction of sp³-hybridized carbons (Fsp3) is 0.381. The number of carbonyl (C=O) groups is 1. The van der Waals surface area contributed by atoms with Gasteiger partial charge in [-0.2, -0.15) is 4.68 Å². The number of nitrogens with zero attached hydrogens (tertiary/aromatic N) is 5. The molecule has 3 N–H and O–H groups in total. The molecule has 1 amide bonds. The molecule has 0 unspecified atom stereocenters. The number of fused-ring (bicyclic) bond motifs is 1. The third kappa shape index (κ3) is 5.30. The Morgan fingerprint density at radius 2 is 1.89 bits per heavy atom. The first-order chi connectivity index (χ1) is 16.9. The van der Waals surface area contributed by atoms with Crippen LogP contribution in [-0.4, -0.2) is 72.6 Å². The smallest absolute Gasteiger partial charge is 0.353 e. The minimum atomic E-state index is -3.53. The summed E-state index contributed by atoms with van der Waals surface area (Å²) in [6.07, 6.45) is -2.46. The van der Waals surface area contributed by atoms with Crippen molar-refractivity contribution in [1.29, 1.82) is 0 Å². The zero-order valence-corrected chi connectivity index (χ0v) is 19.9. The predicted octanol–water partition coefficient (Wildman–Crippen LogP) is 1.87. The molecule has 2 aromatic heterocycles. The minimum Gasteiger partial charge on any atom is -0.387 e. The first kappa shape index (κ1) is 25.0. The number of ether oxygens (including phenoxy) is 1. The molecule has 0 radical (unpaired) electrons. The Balaban J connectivity index is 1.57. The largest absolute Gasteiger partial charge is 0.387 e. The quantitative estimate of drug-likeness (QED) is 0.363. The molecule has 4 rings (SSSR count). The molecule has 186 valence electrons. The van der Waals surface area contributed by atoms with E-state index in [9.17, 15) is 19.6 Å². The van der Waals surface area contributed by atoms with Crippen molar-refractivity contribution in [2.24, 2.45) is 0 Å². The lowest BCUT2D eigenvalue weighted by atomic mass is 10.1. The van der Waals surface area contributed by atoms with E-state index < -0.39 is 38.0 Å². The summed E-state index contributed by atoms with van der Waals surface area (Å²) >= 11 is 0. The van der Waals surface area contributed by atoms with Gasteiger partial charge in [-0.1, -0.05) is 23.4 Å². The van der Waals surface area contributed by atoms with Crippen LogP contribution in [0.4, 0.5) is 5.82 Å². The summed E-state index contributed by atoms with van der Waals surface area (Å²) < 4.78 is 30.0. The van der Waals surface area contributed by atoms with E-state index in [2.05, 4.69) is 25.6 Å². The minimum absolute atomic E-state index is 0.119. The third-order valence-corrected chi connectivity index (χ3v) is 6.90. The van der Waals surface area contributed by atoms with Crippen LogP contribution in [0, 0.1) is 0 Å². The maximum absolute atomic E-state index is 12.7. The molecule has 1 aliphatic heterocycles. The average Bonchev–Trinajstić information content (AvgIpc) is 3.40. The highest BCUT2D eigenvalue weighted by Crippen LogP contribution is 2.50. The van der Waals surface area contributed by atoms with Gasteiger partial charge in [0, 0.05) is 11.4 Å². The molecule has 3 heterocycles. The van der Waals surface area contributed by atoms with Crippen molar-refractivity contribution in [3.05, 3.63) is 54.1 Å². The van der Waals surface area contributed by atoms with Gasteiger partial charge in [-0.25, -0.2) is 9.97 Å². The SMILES string of the molecule is CCOP(=O)(/C=C/[C@H]1O[C@@H](n2nnc3c(NC(=O)c4ccccc4)ncnc32)[C@H](O)[C@@H]1O)OCC. The molecule has 13 nitrogen and oxygen atoms in total. The third-order valence-electron chi connectivity index (χ3n) is 5.12. The van der Waals surface area contributed by atoms with Crippen LogP contribution in [0.3, 0.4) is 0 Å². The van der Waals surface area contributed by atoms with E-state index in [4.69, 9.17) is 13.8 Å². The van der Waals surface area contributed by atoms with E-state index in [1.165, 1.54) is 22.9 Å². The van der Waals surface area contributed by atoms with Gasteiger partial charge in [0.05, 0.1) is 13.2 Å². The van der Waals surface area contributed by atoms with Crippen LogP contribution in [0.25, 0.3) is 11.2 Å². The highest BCUT2D eigenvalue weighted by Gasteiger charge is 2.44. The van der Waals surface area contributed by atoms with E-state index in [1.807, 2.05) is 0 Å². The molecule has 1 aliphatic rings. The van der Waals surface area contributed by atoms with Crippen molar-refractivity contribution in [3.8, 4) is 0 Å². The lowest BCUT2D eigenvalue weighted by Gasteiger charge is -2.15. The lowest BCUT2D eigenvalue weighted by Crippen LogP contribution is -2.31. The van der Waals surface area contributed by atoms with Crippen molar-refractivity contribution in [3.63, 3.8) is 0 Å². The molecule has 14 heteroatoms. The van der Waals surface area contributed by atoms with Crippen molar-refractivity contribution in [2.45, 2.75) is 38.4 Å². The van der Waals surface area contributed by atoms with Gasteiger partial charge < -0.3 is 29.3 Å². The molecular formula is C21H25N6O7P. The monoisotopic (exact) mass is 504 g/mol. The molecule has 3 aromatic rings. The normalized spacial score (nSPS) is 22.7. The summed E-state index contributed by atoms with van der Waals surface area (Å²) in [7, 11) is -3.53. The molecule has 4 atom stereocenters. The van der Waals surface area contributed by atoms with Gasteiger partial charge in [0.25, 0.3) is 5.91 Å². The van der Waals surface area contributed by atoms with Crippen molar-refractivity contribution in [2.75, 3.05) is 18.5 Å². The number of anilines is 1. The maximum atomic E-state index is 12.7. The second-order valence-corrected chi connectivity index (χ2v) is 9.33. The number of aliphatic hydroxyl groups excluding tert-OH is 2.